The molecule has 0 spiro atoms. The van der Waals surface area contributed by atoms with Crippen molar-refractivity contribution in [3.63, 3.8) is 0 Å². The number of aromatic nitrogens is 3. The van der Waals surface area contributed by atoms with Crippen LogP contribution in [0.2, 0.25) is 5.02 Å². The first-order chi connectivity index (χ1) is 15.2. The molecular formula is C25H17ClN4O. The molecule has 0 radical (unpaired) electrons. The first-order valence-electron chi connectivity index (χ1n) is 9.75. The zero-order valence-corrected chi connectivity index (χ0v) is 17.1. The van der Waals surface area contributed by atoms with Crippen molar-refractivity contribution in [1.82, 2.24) is 14.6 Å². The topological polar surface area (TPSA) is 59.3 Å². The number of carbonyl (C=O) groups excluding carboxylic acids is 1. The molecule has 5 nitrogen and oxygen atoms in total. The number of nitrogens with one attached hydrogen (secondary N) is 1. The average molecular weight is 425 g/mol. The Morgan fingerprint density at radius 3 is 2.16 bits per heavy atom. The lowest BCUT2D eigenvalue weighted by Crippen LogP contribution is -2.12. The van der Waals surface area contributed by atoms with E-state index in [0.717, 1.165) is 22.5 Å². The summed E-state index contributed by atoms with van der Waals surface area (Å²) in [5.74, 6) is -0.283. The molecule has 6 heteroatoms. The van der Waals surface area contributed by atoms with Crippen molar-refractivity contribution >= 4 is 28.8 Å². The van der Waals surface area contributed by atoms with Crippen LogP contribution in [0.3, 0.4) is 0 Å². The van der Waals surface area contributed by atoms with Gasteiger partial charge in [-0.05, 0) is 30.3 Å². The van der Waals surface area contributed by atoms with E-state index in [1.807, 2.05) is 66.7 Å². The lowest BCUT2D eigenvalue weighted by Gasteiger charge is -2.10. The summed E-state index contributed by atoms with van der Waals surface area (Å²) in [6.07, 6.45) is 1.55. The van der Waals surface area contributed by atoms with Gasteiger partial charge in [-0.25, -0.2) is 9.50 Å². The molecule has 0 fully saturated rings. The Morgan fingerprint density at radius 2 is 1.48 bits per heavy atom. The molecule has 0 saturated heterocycles. The molecule has 5 aromatic rings. The predicted octanol–water partition coefficient (Wildman–Crippen LogP) is 5.97. The molecule has 0 atom stereocenters. The van der Waals surface area contributed by atoms with Crippen LogP contribution in [0.1, 0.15) is 10.4 Å². The summed E-state index contributed by atoms with van der Waals surface area (Å²) in [4.78, 5) is 17.8. The summed E-state index contributed by atoms with van der Waals surface area (Å²) >= 11 is 5.94. The van der Waals surface area contributed by atoms with Crippen LogP contribution in [-0.4, -0.2) is 20.5 Å². The van der Waals surface area contributed by atoms with Gasteiger partial charge < -0.3 is 5.32 Å². The minimum Gasteiger partial charge on any atom is -0.322 e. The third-order valence-electron chi connectivity index (χ3n) is 4.96. The molecule has 0 aliphatic heterocycles. The highest BCUT2D eigenvalue weighted by molar-refractivity contribution is 6.30. The van der Waals surface area contributed by atoms with Gasteiger partial charge in [-0.2, -0.15) is 5.10 Å². The zero-order chi connectivity index (χ0) is 21.2. The number of rotatable bonds is 4. The molecule has 3 aromatic carbocycles. The maximum atomic E-state index is 13.0. The fourth-order valence-corrected chi connectivity index (χ4v) is 3.55. The van der Waals surface area contributed by atoms with Crippen molar-refractivity contribution in [2.75, 3.05) is 5.32 Å². The van der Waals surface area contributed by atoms with Crippen LogP contribution in [0.4, 0.5) is 5.69 Å². The Morgan fingerprint density at radius 1 is 0.839 bits per heavy atom. The largest absolute Gasteiger partial charge is 0.322 e. The first kappa shape index (κ1) is 19.0. The number of halogens is 1. The van der Waals surface area contributed by atoms with E-state index >= 15 is 0 Å². The van der Waals surface area contributed by atoms with Crippen LogP contribution in [0.25, 0.3) is 28.2 Å². The molecule has 2 aromatic heterocycles. The number of nitrogens with zero attached hydrogens (tertiary/aromatic N) is 3. The van der Waals surface area contributed by atoms with Gasteiger partial charge in [-0.1, -0.05) is 72.3 Å². The van der Waals surface area contributed by atoms with Gasteiger partial charge in [-0.15, -0.1) is 0 Å². The van der Waals surface area contributed by atoms with Gasteiger partial charge in [0.15, 0.2) is 5.65 Å². The molecule has 1 N–H and O–H groups in total. The van der Waals surface area contributed by atoms with Gasteiger partial charge in [0.2, 0.25) is 0 Å². The van der Waals surface area contributed by atoms with E-state index in [1.54, 1.807) is 35.0 Å². The van der Waals surface area contributed by atoms with Crippen molar-refractivity contribution in [3.8, 4) is 22.5 Å². The summed E-state index contributed by atoms with van der Waals surface area (Å²) in [7, 11) is 0. The highest BCUT2D eigenvalue weighted by atomic mass is 35.5. The van der Waals surface area contributed by atoms with Gasteiger partial charge >= 0.3 is 0 Å². The molecule has 0 unspecified atom stereocenters. The fraction of sp³-hybridized carbons (Fsp3) is 0. The number of amides is 1. The summed E-state index contributed by atoms with van der Waals surface area (Å²) in [6, 6.07) is 28.8. The summed E-state index contributed by atoms with van der Waals surface area (Å²) in [5.41, 5.74) is 5.11. The van der Waals surface area contributed by atoms with Crippen LogP contribution in [0.15, 0.2) is 97.2 Å². The minimum atomic E-state index is -0.283. The Bertz CT molecular complexity index is 1360. The monoisotopic (exact) mass is 424 g/mol. The minimum absolute atomic E-state index is 0.283. The van der Waals surface area contributed by atoms with E-state index in [0.29, 0.717) is 21.9 Å². The average Bonchev–Trinajstić information content (AvgIpc) is 3.25. The SMILES string of the molecule is O=C(Nc1ccc(Cl)cc1)c1cnn2c(-c3ccccc3)cc(-c3ccccc3)nc12. The van der Waals surface area contributed by atoms with E-state index < -0.39 is 0 Å². The second kappa shape index (κ2) is 8.05. The number of hydrogen-bond donors (Lipinski definition) is 1. The molecule has 5 rings (SSSR count). The fourth-order valence-electron chi connectivity index (χ4n) is 3.43. The third-order valence-corrected chi connectivity index (χ3v) is 5.21. The number of fused-ring (bicyclic) bond motifs is 1. The standard InChI is InChI=1S/C25H17ClN4O/c26-19-11-13-20(14-12-19)28-25(31)21-16-27-30-23(18-9-5-2-6-10-18)15-22(29-24(21)30)17-7-3-1-4-8-17/h1-16H,(H,28,31). The van der Waals surface area contributed by atoms with Crippen molar-refractivity contribution in [2.24, 2.45) is 0 Å². The lowest BCUT2D eigenvalue weighted by atomic mass is 10.1. The molecule has 150 valence electrons. The second-order valence-corrected chi connectivity index (χ2v) is 7.45. The zero-order valence-electron chi connectivity index (χ0n) is 16.4. The Kier molecular flexibility index (Phi) is 4.94. The highest BCUT2D eigenvalue weighted by Crippen LogP contribution is 2.27. The van der Waals surface area contributed by atoms with E-state index in [-0.39, 0.29) is 5.91 Å². The Balaban J connectivity index is 1.65. The molecule has 2 heterocycles. The van der Waals surface area contributed by atoms with E-state index in [9.17, 15) is 4.79 Å². The molecule has 0 aliphatic rings. The normalized spacial score (nSPS) is 10.9. The molecule has 31 heavy (non-hydrogen) atoms. The van der Waals surface area contributed by atoms with E-state index in [4.69, 9.17) is 16.6 Å². The Hall–Kier alpha value is -3.96. The van der Waals surface area contributed by atoms with Crippen molar-refractivity contribution in [3.05, 3.63) is 108 Å². The number of carbonyl (C=O) groups is 1. The van der Waals surface area contributed by atoms with Crippen molar-refractivity contribution in [2.45, 2.75) is 0 Å². The van der Waals surface area contributed by atoms with Gasteiger partial charge in [-0.3, -0.25) is 4.79 Å². The maximum absolute atomic E-state index is 13.0. The molecule has 0 aliphatic carbocycles. The summed E-state index contributed by atoms with van der Waals surface area (Å²) in [6.45, 7) is 0. The van der Waals surface area contributed by atoms with Gasteiger partial charge in [0, 0.05) is 21.8 Å². The quantitative estimate of drug-likeness (QED) is 0.386. The van der Waals surface area contributed by atoms with Crippen LogP contribution >= 0.6 is 11.6 Å². The lowest BCUT2D eigenvalue weighted by molar-refractivity contribution is 0.102. The molecule has 0 bridgehead atoms. The van der Waals surface area contributed by atoms with Gasteiger partial charge in [0.05, 0.1) is 17.6 Å². The summed E-state index contributed by atoms with van der Waals surface area (Å²) < 4.78 is 1.71. The number of benzene rings is 3. The number of anilines is 1. The van der Waals surface area contributed by atoms with Crippen LogP contribution < -0.4 is 5.32 Å². The second-order valence-electron chi connectivity index (χ2n) is 7.01. The molecule has 1 amide bonds. The van der Waals surface area contributed by atoms with Crippen molar-refractivity contribution in [1.29, 1.82) is 0 Å². The number of hydrogen-bond acceptors (Lipinski definition) is 3. The third kappa shape index (κ3) is 3.79. The smallest absolute Gasteiger partial charge is 0.261 e. The molecular weight excluding hydrogens is 408 g/mol. The molecule has 0 saturated carbocycles. The van der Waals surface area contributed by atoms with Crippen LogP contribution in [0, 0.1) is 0 Å². The first-order valence-corrected chi connectivity index (χ1v) is 10.1. The Labute approximate surface area is 184 Å². The van der Waals surface area contributed by atoms with Gasteiger partial charge in [0.25, 0.3) is 5.91 Å². The van der Waals surface area contributed by atoms with E-state index in [2.05, 4.69) is 10.4 Å². The maximum Gasteiger partial charge on any atom is 0.261 e. The van der Waals surface area contributed by atoms with E-state index in [1.165, 1.54) is 0 Å². The van der Waals surface area contributed by atoms with Gasteiger partial charge in [0.1, 0.15) is 5.56 Å². The summed E-state index contributed by atoms with van der Waals surface area (Å²) in [5, 5.41) is 7.98. The van der Waals surface area contributed by atoms with Crippen molar-refractivity contribution < 1.29 is 4.79 Å². The highest BCUT2D eigenvalue weighted by Gasteiger charge is 2.18. The van der Waals surface area contributed by atoms with Crippen LogP contribution in [0.5, 0.6) is 0 Å². The van der Waals surface area contributed by atoms with Crippen LogP contribution in [-0.2, 0) is 0 Å². The predicted molar refractivity (Wildman–Crippen MR) is 123 cm³/mol.